The number of hydrogen-bond acceptors (Lipinski definition) is 11. The van der Waals surface area contributed by atoms with Crippen molar-refractivity contribution in [2.45, 2.75) is 97.0 Å². The third-order valence-corrected chi connectivity index (χ3v) is 6.57. The number of esters is 1. The molecule has 12 heteroatoms. The summed E-state index contributed by atoms with van der Waals surface area (Å²) in [5.41, 5.74) is 0. The molecule has 0 aliphatic carbocycles. The Bertz CT molecular complexity index is 512. The number of unbranched alkanes of at least 4 members (excludes halogenated alkanes) is 9. The van der Waals surface area contributed by atoms with Crippen LogP contribution in [-0.4, -0.2) is 129 Å². The monoisotopic (exact) mass is 652 g/mol. The summed E-state index contributed by atoms with van der Waals surface area (Å²) in [6.07, 6.45) is 12.9. The smallest absolute Gasteiger partial charge is 0.317 e. The fraction of sp³-hybridized carbons (Fsp3) is 0.939. The third kappa shape index (κ3) is 38.7. The molecule has 2 fully saturated rings. The van der Waals surface area contributed by atoms with Crippen LogP contribution in [0, 0.1) is 0 Å². The molecule has 2 saturated heterocycles. The van der Waals surface area contributed by atoms with E-state index in [9.17, 15) is 9.59 Å². The van der Waals surface area contributed by atoms with E-state index in [1.807, 2.05) is 6.92 Å². The minimum absolute atomic E-state index is 0.175. The molecule has 0 aromatic heterocycles. The maximum absolute atomic E-state index is 11.1. The molecule has 0 aromatic carbocycles. The van der Waals surface area contributed by atoms with Gasteiger partial charge in [-0.2, -0.15) is 0 Å². The first-order chi connectivity index (χ1) is 22.1. The summed E-state index contributed by atoms with van der Waals surface area (Å²) in [6, 6.07) is 0. The predicted molar refractivity (Wildman–Crippen MR) is 171 cm³/mol. The van der Waals surface area contributed by atoms with Crippen LogP contribution < -0.4 is 0 Å². The molecule has 0 bridgehead atoms. The first kappa shape index (κ1) is 43.6. The van der Waals surface area contributed by atoms with E-state index >= 15 is 0 Å². The van der Waals surface area contributed by atoms with Crippen molar-refractivity contribution in [2.75, 3.05) is 106 Å². The number of rotatable bonds is 14. The molecule has 2 rings (SSSR count). The highest BCUT2D eigenvalue weighted by Gasteiger charge is 2.12. The second-order valence-electron chi connectivity index (χ2n) is 10.7. The van der Waals surface area contributed by atoms with Crippen LogP contribution in [0.3, 0.4) is 0 Å². The van der Waals surface area contributed by atoms with Gasteiger partial charge in [0.05, 0.1) is 112 Å². The first-order valence-corrected chi connectivity index (χ1v) is 17.1. The lowest BCUT2D eigenvalue weighted by atomic mass is 10.0. The molecule has 2 aliphatic heterocycles. The molecule has 1 atom stereocenters. The zero-order chi connectivity index (χ0) is 32.9. The molecular formula is C33H64O12. The van der Waals surface area contributed by atoms with Gasteiger partial charge in [-0.25, -0.2) is 0 Å². The van der Waals surface area contributed by atoms with Gasteiger partial charge in [-0.15, -0.1) is 0 Å². The minimum Gasteiger partial charge on any atom is -0.481 e. The van der Waals surface area contributed by atoms with Gasteiger partial charge >= 0.3 is 11.9 Å². The quantitative estimate of drug-likeness (QED) is 0.156. The van der Waals surface area contributed by atoms with Crippen LogP contribution in [-0.2, 0) is 52.2 Å². The summed E-state index contributed by atoms with van der Waals surface area (Å²) < 4.78 is 46.7. The van der Waals surface area contributed by atoms with E-state index in [0.717, 1.165) is 19.3 Å². The molecule has 0 radical (unpaired) electrons. The highest BCUT2D eigenvalue weighted by atomic mass is 16.6. The highest BCUT2D eigenvalue weighted by molar-refractivity contribution is 5.90. The molecule has 0 amide bonds. The van der Waals surface area contributed by atoms with Crippen molar-refractivity contribution in [2.24, 2.45) is 0 Å². The molecule has 0 aromatic rings. The maximum Gasteiger partial charge on any atom is 0.317 e. The minimum atomic E-state index is -1.13. The summed E-state index contributed by atoms with van der Waals surface area (Å²) in [5, 5.41) is 8.46. The van der Waals surface area contributed by atoms with Gasteiger partial charge in [0.25, 0.3) is 0 Å². The summed E-state index contributed by atoms with van der Waals surface area (Å²) in [6.45, 7) is 14.3. The molecule has 0 saturated carbocycles. The van der Waals surface area contributed by atoms with Crippen molar-refractivity contribution in [3.63, 3.8) is 0 Å². The Labute approximate surface area is 272 Å². The van der Waals surface area contributed by atoms with E-state index in [2.05, 4.69) is 6.92 Å². The van der Waals surface area contributed by atoms with E-state index in [1.54, 1.807) is 0 Å². The van der Waals surface area contributed by atoms with Crippen molar-refractivity contribution in [1.29, 1.82) is 0 Å². The van der Waals surface area contributed by atoms with Gasteiger partial charge in [0.15, 0.2) is 0 Å². The number of carbonyl (C=O) groups is 2. The second kappa shape index (κ2) is 37.1. The van der Waals surface area contributed by atoms with Gasteiger partial charge in [0.2, 0.25) is 0 Å². The lowest BCUT2D eigenvalue weighted by Crippen LogP contribution is -2.17. The van der Waals surface area contributed by atoms with Crippen LogP contribution in [0.4, 0.5) is 0 Å². The zero-order valence-electron chi connectivity index (χ0n) is 28.3. The Morgan fingerprint density at radius 1 is 0.511 bits per heavy atom. The van der Waals surface area contributed by atoms with E-state index in [-0.39, 0.29) is 6.10 Å². The van der Waals surface area contributed by atoms with Gasteiger partial charge in [0, 0.05) is 0 Å². The van der Waals surface area contributed by atoms with Crippen LogP contribution in [0.1, 0.15) is 90.9 Å². The van der Waals surface area contributed by atoms with Gasteiger partial charge in [0.1, 0.15) is 6.42 Å². The average molecular weight is 653 g/mol. The van der Waals surface area contributed by atoms with Gasteiger partial charge < -0.3 is 47.7 Å². The molecule has 45 heavy (non-hydrogen) atoms. The summed E-state index contributed by atoms with van der Waals surface area (Å²) in [5.74, 6) is -1.77. The molecule has 2 heterocycles. The van der Waals surface area contributed by atoms with Gasteiger partial charge in [-0.05, 0) is 19.8 Å². The van der Waals surface area contributed by atoms with Crippen molar-refractivity contribution in [3.8, 4) is 0 Å². The maximum atomic E-state index is 11.1. The third-order valence-electron chi connectivity index (χ3n) is 6.57. The fourth-order valence-corrected chi connectivity index (χ4v) is 4.13. The van der Waals surface area contributed by atoms with Crippen molar-refractivity contribution >= 4 is 11.9 Å². The van der Waals surface area contributed by atoms with Crippen LogP contribution in [0.25, 0.3) is 0 Å². The van der Waals surface area contributed by atoms with Gasteiger partial charge in [-0.3, -0.25) is 9.59 Å². The van der Waals surface area contributed by atoms with Crippen LogP contribution >= 0.6 is 0 Å². The Hall–Kier alpha value is -1.38. The van der Waals surface area contributed by atoms with E-state index in [0.29, 0.717) is 106 Å². The normalized spacial score (nSPS) is 18.4. The number of carbonyl (C=O) groups excluding carboxylic acids is 1. The highest BCUT2D eigenvalue weighted by Crippen LogP contribution is 2.13. The standard InChI is InChI=1S/C17H32O4.2C8H16O4/c1-3-4-5-6-7-8-9-10-11-12-13-15(2)21-17(20)14-16(18)19;2*1-2-10-5-6-12-8-7-11-4-3-9-1/h15H,3-14H2,1-2H3,(H,18,19);2*1-8H2. The molecule has 2 aliphatic rings. The fourth-order valence-electron chi connectivity index (χ4n) is 4.13. The summed E-state index contributed by atoms with van der Waals surface area (Å²) in [4.78, 5) is 21.5. The van der Waals surface area contributed by atoms with Crippen LogP contribution in [0.5, 0.6) is 0 Å². The SMILES string of the molecule is C1COCCOCCOCCO1.C1COCCOCCOCCO1.CCCCCCCCCCCCC(C)OC(=O)CC(=O)O. The van der Waals surface area contributed by atoms with Crippen LogP contribution in [0.2, 0.25) is 0 Å². The van der Waals surface area contributed by atoms with Crippen LogP contribution in [0.15, 0.2) is 0 Å². The first-order valence-electron chi connectivity index (χ1n) is 17.1. The Morgan fingerprint density at radius 2 is 0.778 bits per heavy atom. The number of aliphatic carboxylic acids is 1. The lowest BCUT2D eigenvalue weighted by Gasteiger charge is -2.12. The topological polar surface area (TPSA) is 137 Å². The molecular weight excluding hydrogens is 588 g/mol. The molecule has 268 valence electrons. The van der Waals surface area contributed by atoms with Gasteiger partial charge in [-0.1, -0.05) is 64.7 Å². The van der Waals surface area contributed by atoms with Crippen molar-refractivity contribution in [3.05, 3.63) is 0 Å². The Morgan fingerprint density at radius 3 is 1.04 bits per heavy atom. The molecule has 1 N–H and O–H groups in total. The number of carboxylic acids is 1. The average Bonchev–Trinajstić information content (AvgIpc) is 2.99. The lowest BCUT2D eigenvalue weighted by molar-refractivity contribution is -0.154. The van der Waals surface area contributed by atoms with E-state index in [4.69, 9.17) is 47.7 Å². The zero-order valence-corrected chi connectivity index (χ0v) is 28.3. The predicted octanol–water partition coefficient (Wildman–Crippen LogP) is 4.84. The van der Waals surface area contributed by atoms with Crippen molar-refractivity contribution < 1.29 is 57.3 Å². The molecule has 0 spiro atoms. The largest absolute Gasteiger partial charge is 0.481 e. The number of hydrogen-bond donors (Lipinski definition) is 1. The van der Waals surface area contributed by atoms with Crippen molar-refractivity contribution in [1.82, 2.24) is 0 Å². The second-order valence-corrected chi connectivity index (χ2v) is 10.7. The number of carboxylic acid groups (broad SMARTS) is 1. The summed E-state index contributed by atoms with van der Waals surface area (Å²) in [7, 11) is 0. The van der Waals surface area contributed by atoms with E-state index in [1.165, 1.54) is 51.4 Å². The summed E-state index contributed by atoms with van der Waals surface area (Å²) >= 11 is 0. The Balaban J connectivity index is 0.000000687. The number of ether oxygens (including phenoxy) is 9. The molecule has 12 nitrogen and oxygen atoms in total. The Kier molecular flexibility index (Phi) is 35.9. The molecule has 1 unspecified atom stereocenters. The van der Waals surface area contributed by atoms with E-state index < -0.39 is 18.4 Å².